The van der Waals surface area contributed by atoms with Crippen LogP contribution >= 0.6 is 11.3 Å². The van der Waals surface area contributed by atoms with Gasteiger partial charge in [-0.05, 0) is 17.5 Å². The van der Waals surface area contributed by atoms with E-state index in [0.717, 1.165) is 19.3 Å². The molecular weight excluding hydrogens is 228 g/mol. The number of hydrogen-bond donors (Lipinski definition) is 1. The van der Waals surface area contributed by atoms with Crippen LogP contribution in [-0.4, -0.2) is 4.98 Å². The van der Waals surface area contributed by atoms with Gasteiger partial charge in [0.05, 0.1) is 10.7 Å². The van der Waals surface area contributed by atoms with E-state index >= 15 is 0 Å². The molecular formula is C14H18N2S. The van der Waals surface area contributed by atoms with Gasteiger partial charge >= 0.3 is 0 Å². The number of benzene rings is 1. The zero-order chi connectivity index (χ0) is 12.1. The first-order valence-corrected chi connectivity index (χ1v) is 6.91. The Morgan fingerprint density at radius 1 is 1.18 bits per heavy atom. The number of hydrogen-bond acceptors (Lipinski definition) is 3. The van der Waals surface area contributed by atoms with Crippen molar-refractivity contribution in [1.29, 1.82) is 0 Å². The number of aryl methyl sites for hydroxylation is 1. The molecule has 1 aromatic carbocycles. The first-order chi connectivity index (χ1) is 8.31. The van der Waals surface area contributed by atoms with Gasteiger partial charge in [-0.1, -0.05) is 37.6 Å². The topological polar surface area (TPSA) is 38.9 Å². The summed E-state index contributed by atoms with van der Waals surface area (Å²) in [5.74, 6) is 0. The summed E-state index contributed by atoms with van der Waals surface area (Å²) in [6, 6.07) is 8.47. The van der Waals surface area contributed by atoms with Crippen molar-refractivity contribution in [3.8, 4) is 0 Å². The predicted octanol–water partition coefficient (Wildman–Crippen LogP) is 3.15. The molecule has 1 heterocycles. The van der Waals surface area contributed by atoms with Gasteiger partial charge in [-0.25, -0.2) is 4.98 Å². The van der Waals surface area contributed by atoms with Crippen molar-refractivity contribution in [3.05, 3.63) is 51.5 Å². The highest BCUT2D eigenvalue weighted by atomic mass is 32.1. The summed E-state index contributed by atoms with van der Waals surface area (Å²) in [7, 11) is 0. The summed E-state index contributed by atoms with van der Waals surface area (Å²) in [6.45, 7) is 2.79. The van der Waals surface area contributed by atoms with Crippen molar-refractivity contribution >= 4 is 11.3 Å². The van der Waals surface area contributed by atoms with Crippen LogP contribution in [0.5, 0.6) is 0 Å². The normalized spacial score (nSPS) is 10.7. The van der Waals surface area contributed by atoms with Crippen molar-refractivity contribution in [1.82, 2.24) is 4.98 Å². The fourth-order valence-corrected chi connectivity index (χ4v) is 2.63. The van der Waals surface area contributed by atoms with Crippen molar-refractivity contribution in [2.75, 3.05) is 0 Å². The lowest BCUT2D eigenvalue weighted by molar-refractivity contribution is 0.883. The van der Waals surface area contributed by atoms with Crippen LogP contribution in [0.4, 0.5) is 0 Å². The average Bonchev–Trinajstić information content (AvgIpc) is 2.78. The first-order valence-electron chi connectivity index (χ1n) is 6.03. The van der Waals surface area contributed by atoms with E-state index in [1.54, 1.807) is 11.3 Å². The Bertz CT molecular complexity index is 459. The second kappa shape index (κ2) is 5.94. The highest BCUT2D eigenvalue weighted by Gasteiger charge is 2.02. The molecule has 0 fully saturated rings. The van der Waals surface area contributed by atoms with Gasteiger partial charge in [0.2, 0.25) is 0 Å². The summed E-state index contributed by atoms with van der Waals surface area (Å²) in [4.78, 5) is 4.63. The van der Waals surface area contributed by atoms with E-state index in [0.29, 0.717) is 6.54 Å². The first kappa shape index (κ1) is 12.3. The van der Waals surface area contributed by atoms with Crippen LogP contribution in [0.3, 0.4) is 0 Å². The van der Waals surface area contributed by atoms with Crippen LogP contribution in [0.1, 0.15) is 35.2 Å². The molecule has 0 amide bonds. The molecule has 2 aromatic rings. The molecule has 0 saturated carbocycles. The van der Waals surface area contributed by atoms with Gasteiger partial charge in [0.1, 0.15) is 0 Å². The van der Waals surface area contributed by atoms with Gasteiger partial charge < -0.3 is 5.73 Å². The molecule has 2 rings (SSSR count). The van der Waals surface area contributed by atoms with Crippen molar-refractivity contribution < 1.29 is 0 Å². The van der Waals surface area contributed by atoms with E-state index in [-0.39, 0.29) is 0 Å². The van der Waals surface area contributed by atoms with Crippen molar-refractivity contribution in [2.24, 2.45) is 5.73 Å². The van der Waals surface area contributed by atoms with Gasteiger partial charge in [-0.3, -0.25) is 0 Å². The lowest BCUT2D eigenvalue weighted by Crippen LogP contribution is -1.96. The monoisotopic (exact) mass is 246 g/mol. The molecule has 3 heteroatoms. The maximum atomic E-state index is 5.58. The smallest absolute Gasteiger partial charge is 0.0972 e. The van der Waals surface area contributed by atoms with Crippen LogP contribution in [-0.2, 0) is 19.4 Å². The Hall–Kier alpha value is -1.19. The van der Waals surface area contributed by atoms with Gasteiger partial charge in [0.25, 0.3) is 0 Å². The lowest BCUT2D eigenvalue weighted by Gasteiger charge is -2.00. The molecule has 0 atom stereocenters. The molecule has 90 valence electrons. The predicted molar refractivity (Wildman–Crippen MR) is 73.2 cm³/mol. The van der Waals surface area contributed by atoms with Gasteiger partial charge in [-0.2, -0.15) is 0 Å². The number of thiazole rings is 1. The second-order valence-corrected chi connectivity index (χ2v) is 5.12. The zero-order valence-electron chi connectivity index (χ0n) is 10.1. The van der Waals surface area contributed by atoms with Crippen LogP contribution < -0.4 is 5.73 Å². The number of nitrogens with zero attached hydrogens (tertiary/aromatic N) is 1. The molecule has 0 unspecified atom stereocenters. The fourth-order valence-electron chi connectivity index (χ4n) is 1.77. The SMILES string of the molecule is CCCc1csc(Cc2ccc(CN)cc2)n1. The third kappa shape index (κ3) is 3.38. The van der Waals surface area contributed by atoms with Crippen molar-refractivity contribution in [2.45, 2.75) is 32.7 Å². The molecule has 0 aliphatic heterocycles. The maximum absolute atomic E-state index is 5.58. The lowest BCUT2D eigenvalue weighted by atomic mass is 10.1. The standard InChI is InChI=1S/C14H18N2S/c1-2-3-13-10-17-14(16-13)8-11-4-6-12(9-15)7-5-11/h4-7,10H,2-3,8-9,15H2,1H3. The summed E-state index contributed by atoms with van der Waals surface area (Å²) in [6.07, 6.45) is 3.18. The molecule has 0 aliphatic rings. The van der Waals surface area contributed by atoms with E-state index < -0.39 is 0 Å². The van der Waals surface area contributed by atoms with E-state index in [1.165, 1.54) is 21.8 Å². The summed E-state index contributed by atoms with van der Waals surface area (Å²) in [5.41, 5.74) is 9.29. The summed E-state index contributed by atoms with van der Waals surface area (Å²) < 4.78 is 0. The molecule has 0 bridgehead atoms. The van der Waals surface area contributed by atoms with Crippen LogP contribution in [0.2, 0.25) is 0 Å². The minimum Gasteiger partial charge on any atom is -0.326 e. The second-order valence-electron chi connectivity index (χ2n) is 4.18. The molecule has 0 saturated heterocycles. The average molecular weight is 246 g/mol. The summed E-state index contributed by atoms with van der Waals surface area (Å²) >= 11 is 1.76. The Labute approximate surface area is 107 Å². The van der Waals surface area contributed by atoms with E-state index in [1.807, 2.05) is 0 Å². The van der Waals surface area contributed by atoms with Gasteiger partial charge in [0.15, 0.2) is 0 Å². The maximum Gasteiger partial charge on any atom is 0.0972 e. The molecule has 0 radical (unpaired) electrons. The molecule has 17 heavy (non-hydrogen) atoms. The number of nitrogens with two attached hydrogens (primary N) is 1. The molecule has 1 aromatic heterocycles. The Morgan fingerprint density at radius 2 is 1.88 bits per heavy atom. The van der Waals surface area contributed by atoms with Crippen LogP contribution in [0.25, 0.3) is 0 Å². The van der Waals surface area contributed by atoms with Gasteiger partial charge in [-0.15, -0.1) is 11.3 Å². The number of rotatable bonds is 5. The quantitative estimate of drug-likeness (QED) is 0.880. The van der Waals surface area contributed by atoms with E-state index in [9.17, 15) is 0 Å². The zero-order valence-corrected chi connectivity index (χ0v) is 11.0. The molecule has 2 N–H and O–H groups in total. The summed E-state index contributed by atoms with van der Waals surface area (Å²) in [5, 5.41) is 3.38. The van der Waals surface area contributed by atoms with Crippen LogP contribution in [0, 0.1) is 0 Å². The van der Waals surface area contributed by atoms with E-state index in [2.05, 4.69) is 41.6 Å². The largest absolute Gasteiger partial charge is 0.326 e. The minimum atomic E-state index is 0.609. The highest BCUT2D eigenvalue weighted by Crippen LogP contribution is 2.16. The van der Waals surface area contributed by atoms with Gasteiger partial charge in [0, 0.05) is 18.3 Å². The molecule has 0 spiro atoms. The highest BCUT2D eigenvalue weighted by molar-refractivity contribution is 7.09. The van der Waals surface area contributed by atoms with Crippen LogP contribution in [0.15, 0.2) is 29.6 Å². The fraction of sp³-hybridized carbons (Fsp3) is 0.357. The Balaban J connectivity index is 2.03. The minimum absolute atomic E-state index is 0.609. The third-order valence-corrected chi connectivity index (χ3v) is 3.62. The molecule has 2 nitrogen and oxygen atoms in total. The number of aromatic nitrogens is 1. The van der Waals surface area contributed by atoms with Crippen molar-refractivity contribution in [3.63, 3.8) is 0 Å². The molecule has 0 aliphatic carbocycles. The Morgan fingerprint density at radius 3 is 2.53 bits per heavy atom. The van der Waals surface area contributed by atoms with E-state index in [4.69, 9.17) is 5.73 Å². The Kier molecular flexibility index (Phi) is 4.29. The third-order valence-electron chi connectivity index (χ3n) is 2.72.